The van der Waals surface area contributed by atoms with Gasteiger partial charge in [-0.2, -0.15) is 0 Å². The van der Waals surface area contributed by atoms with Gasteiger partial charge < -0.3 is 10.4 Å². The molecule has 4 heteroatoms. The van der Waals surface area contributed by atoms with E-state index in [1.807, 2.05) is 31.2 Å². The smallest absolute Gasteiger partial charge is 0.247 e. The molecule has 2 N–H and O–H groups in total. The molecule has 0 aromatic heterocycles. The summed E-state index contributed by atoms with van der Waals surface area (Å²) in [5.74, 6) is -0.194. The van der Waals surface area contributed by atoms with Gasteiger partial charge in [-0.05, 0) is 24.5 Å². The van der Waals surface area contributed by atoms with Crippen LogP contribution in [-0.2, 0) is 4.79 Å². The first-order chi connectivity index (χ1) is 14.2. The number of aliphatic imine (C=N–C) groups is 1. The standard InChI is InChI=1S/C25H42N2O2/c1-3-4-5-6-7-8-9-10-11-12-13-16-19-26-25(29)24(21-28)27-20-23-18-15-14-17-22(23)2/h14-15,17-18,20,24,28H,3-13,16,19,21H2,1-2H3,(H,26,29)/b27-20+/t24-/m0/s1. The third kappa shape index (κ3) is 12.5. The third-order valence-electron chi connectivity index (χ3n) is 5.39. The first-order valence-corrected chi connectivity index (χ1v) is 11.7. The van der Waals surface area contributed by atoms with Crippen molar-refractivity contribution < 1.29 is 9.90 Å². The largest absolute Gasteiger partial charge is 0.394 e. The van der Waals surface area contributed by atoms with E-state index in [0.717, 1.165) is 24.0 Å². The lowest BCUT2D eigenvalue weighted by Gasteiger charge is -2.10. The first kappa shape index (κ1) is 25.4. The number of nitrogens with zero attached hydrogens (tertiary/aromatic N) is 1. The number of hydrogen-bond donors (Lipinski definition) is 2. The molecule has 0 aliphatic carbocycles. The van der Waals surface area contributed by atoms with Crippen LogP contribution >= 0.6 is 0 Å². The second-order valence-electron chi connectivity index (χ2n) is 8.01. The Bertz CT molecular complexity index is 572. The predicted octanol–water partition coefficient (Wildman–Crippen LogP) is 5.59. The molecule has 0 saturated carbocycles. The van der Waals surface area contributed by atoms with Crippen molar-refractivity contribution in [3.63, 3.8) is 0 Å². The van der Waals surface area contributed by atoms with Crippen LogP contribution in [0, 0.1) is 6.92 Å². The molecular formula is C25H42N2O2. The van der Waals surface area contributed by atoms with Crippen LogP contribution in [0.5, 0.6) is 0 Å². The van der Waals surface area contributed by atoms with Crippen LogP contribution in [0.2, 0.25) is 0 Å². The number of benzene rings is 1. The van der Waals surface area contributed by atoms with Crippen LogP contribution in [-0.4, -0.2) is 36.4 Å². The fraction of sp³-hybridized carbons (Fsp3) is 0.680. The number of rotatable bonds is 17. The maximum atomic E-state index is 12.2. The minimum absolute atomic E-state index is 0.194. The number of nitrogens with one attached hydrogen (secondary N) is 1. The van der Waals surface area contributed by atoms with E-state index < -0.39 is 6.04 Å². The number of carbonyl (C=O) groups is 1. The molecule has 4 nitrogen and oxygen atoms in total. The highest BCUT2D eigenvalue weighted by Crippen LogP contribution is 2.11. The van der Waals surface area contributed by atoms with Crippen molar-refractivity contribution in [2.24, 2.45) is 4.99 Å². The normalized spacial score (nSPS) is 12.4. The first-order valence-electron chi connectivity index (χ1n) is 11.7. The van der Waals surface area contributed by atoms with Crippen LogP contribution in [0.25, 0.3) is 0 Å². The van der Waals surface area contributed by atoms with Crippen molar-refractivity contribution in [2.45, 2.75) is 96.9 Å². The topological polar surface area (TPSA) is 61.7 Å². The van der Waals surface area contributed by atoms with E-state index in [2.05, 4.69) is 17.2 Å². The molecule has 1 aromatic carbocycles. The minimum atomic E-state index is -0.730. The highest BCUT2D eigenvalue weighted by molar-refractivity contribution is 5.87. The number of aliphatic hydroxyl groups excluding tert-OH is 1. The summed E-state index contributed by atoms with van der Waals surface area (Å²) in [6.07, 6.45) is 17.3. The van der Waals surface area contributed by atoms with Gasteiger partial charge in [0.2, 0.25) is 5.91 Å². The number of aryl methyl sites for hydroxylation is 1. The predicted molar refractivity (Wildman–Crippen MR) is 124 cm³/mol. The van der Waals surface area contributed by atoms with E-state index >= 15 is 0 Å². The maximum absolute atomic E-state index is 12.2. The molecule has 1 atom stereocenters. The van der Waals surface area contributed by atoms with Crippen molar-refractivity contribution in [3.05, 3.63) is 35.4 Å². The van der Waals surface area contributed by atoms with Crippen LogP contribution < -0.4 is 5.32 Å². The SMILES string of the molecule is CCCCCCCCCCCCCCNC(=O)[C@H](CO)/N=C/c1ccccc1C. The average molecular weight is 403 g/mol. The molecule has 0 bridgehead atoms. The molecule has 1 aromatic rings. The van der Waals surface area contributed by atoms with Gasteiger partial charge in [0, 0.05) is 12.8 Å². The van der Waals surface area contributed by atoms with Gasteiger partial charge in [0.05, 0.1) is 6.61 Å². The highest BCUT2D eigenvalue weighted by atomic mass is 16.3. The quantitative estimate of drug-likeness (QED) is 0.263. The molecular weight excluding hydrogens is 360 g/mol. The fourth-order valence-corrected chi connectivity index (χ4v) is 3.40. The molecule has 0 aliphatic rings. The molecule has 29 heavy (non-hydrogen) atoms. The van der Waals surface area contributed by atoms with Gasteiger partial charge in [-0.1, -0.05) is 102 Å². The second-order valence-corrected chi connectivity index (χ2v) is 8.01. The van der Waals surface area contributed by atoms with Crippen molar-refractivity contribution >= 4 is 12.1 Å². The lowest BCUT2D eigenvalue weighted by atomic mass is 10.1. The summed E-state index contributed by atoms with van der Waals surface area (Å²) in [6, 6.07) is 7.14. The van der Waals surface area contributed by atoms with Crippen molar-refractivity contribution in [3.8, 4) is 0 Å². The zero-order chi connectivity index (χ0) is 21.2. The zero-order valence-corrected chi connectivity index (χ0v) is 18.7. The molecule has 1 amide bonds. The van der Waals surface area contributed by atoms with E-state index in [0.29, 0.717) is 6.54 Å². The Morgan fingerprint density at radius 3 is 2.07 bits per heavy atom. The summed E-state index contributed by atoms with van der Waals surface area (Å²) in [4.78, 5) is 16.5. The van der Waals surface area contributed by atoms with Gasteiger partial charge in [-0.15, -0.1) is 0 Å². The van der Waals surface area contributed by atoms with Crippen LogP contribution in [0.15, 0.2) is 29.3 Å². The molecule has 0 heterocycles. The number of hydrogen-bond acceptors (Lipinski definition) is 3. The summed E-state index contributed by atoms with van der Waals surface area (Å²) in [5.41, 5.74) is 2.07. The Hall–Kier alpha value is -1.68. The summed E-state index contributed by atoms with van der Waals surface area (Å²) in [5, 5.41) is 12.4. The molecule has 0 unspecified atom stereocenters. The molecule has 0 aliphatic heterocycles. The fourth-order valence-electron chi connectivity index (χ4n) is 3.40. The monoisotopic (exact) mass is 402 g/mol. The van der Waals surface area contributed by atoms with Gasteiger partial charge >= 0.3 is 0 Å². The highest BCUT2D eigenvalue weighted by Gasteiger charge is 2.14. The average Bonchev–Trinajstić information content (AvgIpc) is 2.73. The Balaban J connectivity index is 2.05. The van der Waals surface area contributed by atoms with Gasteiger partial charge in [-0.25, -0.2) is 0 Å². The number of carbonyl (C=O) groups excluding carboxylic acids is 1. The van der Waals surface area contributed by atoms with E-state index in [9.17, 15) is 9.90 Å². The van der Waals surface area contributed by atoms with Crippen molar-refractivity contribution in [2.75, 3.05) is 13.2 Å². The van der Waals surface area contributed by atoms with E-state index in [1.165, 1.54) is 64.2 Å². The molecule has 0 spiro atoms. The maximum Gasteiger partial charge on any atom is 0.247 e. The van der Waals surface area contributed by atoms with Gasteiger partial charge in [0.15, 0.2) is 6.04 Å². The van der Waals surface area contributed by atoms with Crippen molar-refractivity contribution in [1.29, 1.82) is 0 Å². The Kier molecular flexibility index (Phi) is 15.0. The summed E-state index contributed by atoms with van der Waals surface area (Å²) >= 11 is 0. The Morgan fingerprint density at radius 2 is 1.52 bits per heavy atom. The van der Waals surface area contributed by atoms with E-state index in [-0.39, 0.29) is 12.5 Å². The zero-order valence-electron chi connectivity index (χ0n) is 18.7. The lowest BCUT2D eigenvalue weighted by molar-refractivity contribution is -0.123. The van der Waals surface area contributed by atoms with E-state index in [4.69, 9.17) is 0 Å². The molecule has 0 saturated heterocycles. The molecule has 0 fully saturated rings. The van der Waals surface area contributed by atoms with Crippen LogP contribution in [0.3, 0.4) is 0 Å². The van der Waals surface area contributed by atoms with E-state index in [1.54, 1.807) is 6.21 Å². The van der Waals surface area contributed by atoms with Gasteiger partial charge in [0.25, 0.3) is 0 Å². The second kappa shape index (κ2) is 17.2. The minimum Gasteiger partial charge on any atom is -0.394 e. The van der Waals surface area contributed by atoms with Gasteiger partial charge in [0.1, 0.15) is 0 Å². The Morgan fingerprint density at radius 1 is 0.966 bits per heavy atom. The number of aliphatic hydroxyl groups is 1. The lowest BCUT2D eigenvalue weighted by Crippen LogP contribution is -2.36. The molecule has 164 valence electrons. The van der Waals surface area contributed by atoms with Crippen LogP contribution in [0.4, 0.5) is 0 Å². The molecule has 1 rings (SSSR count). The summed E-state index contributed by atoms with van der Waals surface area (Å²) < 4.78 is 0. The third-order valence-corrected chi connectivity index (χ3v) is 5.39. The molecule has 0 radical (unpaired) electrons. The number of amides is 1. The summed E-state index contributed by atoms with van der Waals surface area (Å²) in [7, 11) is 0. The summed E-state index contributed by atoms with van der Waals surface area (Å²) in [6.45, 7) is 4.65. The Labute approximate surface area is 178 Å². The number of unbranched alkanes of at least 4 members (excludes halogenated alkanes) is 11. The van der Waals surface area contributed by atoms with Crippen LogP contribution in [0.1, 0.15) is 95.1 Å². The van der Waals surface area contributed by atoms with Crippen molar-refractivity contribution in [1.82, 2.24) is 5.32 Å². The van der Waals surface area contributed by atoms with Gasteiger partial charge in [-0.3, -0.25) is 9.79 Å².